The Bertz CT molecular complexity index is 1090. The fourth-order valence-corrected chi connectivity index (χ4v) is 5.04. The lowest BCUT2D eigenvalue weighted by molar-refractivity contribution is 0.118. The summed E-state index contributed by atoms with van der Waals surface area (Å²) in [5.74, 6) is 0.805. The fourth-order valence-electron chi connectivity index (χ4n) is 5.04. The molecule has 0 radical (unpaired) electrons. The molecular formula is C26H35N7O3. The third kappa shape index (κ3) is 6.22. The summed E-state index contributed by atoms with van der Waals surface area (Å²) < 4.78 is 6.14. The maximum Gasteiger partial charge on any atom is 0.407 e. The Kier molecular flexibility index (Phi) is 8.23. The highest BCUT2D eigenvalue weighted by Gasteiger charge is 2.34. The number of hydrogen-bond acceptors (Lipinski definition) is 8. The van der Waals surface area contributed by atoms with E-state index in [-0.39, 0.29) is 12.5 Å². The number of aromatic nitrogens is 2. The van der Waals surface area contributed by atoms with E-state index < -0.39 is 12.1 Å². The lowest BCUT2D eigenvalue weighted by atomic mass is 10.0. The van der Waals surface area contributed by atoms with Gasteiger partial charge in [-0.1, -0.05) is 30.3 Å². The van der Waals surface area contributed by atoms with Gasteiger partial charge >= 0.3 is 12.1 Å². The summed E-state index contributed by atoms with van der Waals surface area (Å²) in [5, 5.41) is 18.9. The lowest BCUT2D eigenvalue weighted by Crippen LogP contribution is -2.55. The van der Waals surface area contributed by atoms with Crippen LogP contribution in [-0.2, 0) is 19.5 Å². The molecule has 2 aliphatic heterocycles. The number of carbonyl (C=O) groups is 1. The summed E-state index contributed by atoms with van der Waals surface area (Å²) in [7, 11) is 4.00. The van der Waals surface area contributed by atoms with Gasteiger partial charge in [-0.3, -0.25) is 4.90 Å². The van der Waals surface area contributed by atoms with Gasteiger partial charge in [0, 0.05) is 51.4 Å². The Morgan fingerprint density at radius 3 is 2.72 bits per heavy atom. The number of benzene rings is 1. The highest BCUT2D eigenvalue weighted by Crippen LogP contribution is 2.31. The van der Waals surface area contributed by atoms with Gasteiger partial charge in [0.25, 0.3) is 0 Å². The molecule has 10 heteroatoms. The number of rotatable bonds is 8. The molecule has 4 rings (SSSR count). The van der Waals surface area contributed by atoms with Crippen LogP contribution in [0.4, 0.5) is 10.6 Å². The van der Waals surface area contributed by atoms with E-state index in [2.05, 4.69) is 45.0 Å². The highest BCUT2D eigenvalue weighted by atomic mass is 16.5. The first-order chi connectivity index (χ1) is 17.3. The van der Waals surface area contributed by atoms with Gasteiger partial charge in [-0.2, -0.15) is 15.2 Å². The Morgan fingerprint density at radius 1 is 1.25 bits per heavy atom. The van der Waals surface area contributed by atoms with E-state index in [9.17, 15) is 15.2 Å². The smallest absolute Gasteiger partial charge is 0.407 e. The monoisotopic (exact) mass is 493 g/mol. The second-order valence-electron chi connectivity index (χ2n) is 9.83. The van der Waals surface area contributed by atoms with Crippen molar-refractivity contribution in [2.24, 2.45) is 0 Å². The van der Waals surface area contributed by atoms with Gasteiger partial charge in [-0.25, -0.2) is 4.79 Å². The molecule has 192 valence electrons. The van der Waals surface area contributed by atoms with Crippen molar-refractivity contribution in [2.75, 3.05) is 51.7 Å². The summed E-state index contributed by atoms with van der Waals surface area (Å²) in [5.41, 5.74) is 3.30. The minimum atomic E-state index is -0.988. The largest absolute Gasteiger partial charge is 0.465 e. The average Bonchev–Trinajstić information content (AvgIpc) is 2.83. The number of fused-ring (bicyclic) bond motifs is 1. The van der Waals surface area contributed by atoms with E-state index in [4.69, 9.17) is 14.7 Å². The summed E-state index contributed by atoms with van der Waals surface area (Å²) in [4.78, 5) is 29.3. The van der Waals surface area contributed by atoms with Crippen molar-refractivity contribution in [3.05, 3.63) is 47.2 Å². The predicted molar refractivity (Wildman–Crippen MR) is 136 cm³/mol. The van der Waals surface area contributed by atoms with Crippen LogP contribution >= 0.6 is 0 Å². The zero-order valence-electron chi connectivity index (χ0n) is 21.3. The topological polar surface area (TPSA) is 109 Å². The molecule has 10 nitrogen and oxygen atoms in total. The van der Waals surface area contributed by atoms with E-state index in [1.54, 1.807) is 0 Å². The molecule has 3 heterocycles. The number of piperazine rings is 1. The van der Waals surface area contributed by atoms with E-state index in [1.165, 1.54) is 10.5 Å². The van der Waals surface area contributed by atoms with Crippen molar-refractivity contribution in [3.8, 4) is 12.1 Å². The number of likely N-dealkylation sites (N-methyl/N-ethyl adjacent to an activating group) is 1. The molecule has 2 unspecified atom stereocenters. The van der Waals surface area contributed by atoms with Crippen molar-refractivity contribution in [1.82, 2.24) is 24.7 Å². The van der Waals surface area contributed by atoms with Crippen LogP contribution in [0.5, 0.6) is 6.01 Å². The molecule has 0 saturated carbocycles. The standard InChI is InChI=1S/C26H35N7O3/c1-19(15-30(2)3)36-25-28-23-18-31(16-20-7-5-4-6-8-20)12-10-22(23)24(29-25)32-13-14-33(26(34)35)21(17-32)9-11-27/h4-8,19,21H,9-10,12-18H2,1-3H3,(H,34,35). The molecule has 0 spiro atoms. The van der Waals surface area contributed by atoms with Crippen molar-refractivity contribution in [1.29, 1.82) is 5.26 Å². The van der Waals surface area contributed by atoms with Crippen molar-refractivity contribution in [2.45, 2.75) is 45.0 Å². The zero-order chi connectivity index (χ0) is 25.7. The van der Waals surface area contributed by atoms with Crippen molar-refractivity contribution < 1.29 is 14.6 Å². The van der Waals surface area contributed by atoms with E-state index in [0.717, 1.165) is 43.1 Å². The van der Waals surface area contributed by atoms with Gasteiger partial charge < -0.3 is 24.5 Å². The van der Waals surface area contributed by atoms with E-state index in [1.807, 2.05) is 27.1 Å². The number of anilines is 1. The Hall–Kier alpha value is -3.42. The van der Waals surface area contributed by atoms with Gasteiger partial charge in [-0.05, 0) is 33.0 Å². The van der Waals surface area contributed by atoms with Crippen LogP contribution in [0.2, 0.25) is 0 Å². The average molecular weight is 494 g/mol. The van der Waals surface area contributed by atoms with E-state index >= 15 is 0 Å². The zero-order valence-corrected chi connectivity index (χ0v) is 21.3. The number of nitriles is 1. The Labute approximate surface area is 212 Å². The summed E-state index contributed by atoms with van der Waals surface area (Å²) in [6, 6.07) is 12.5. The molecular weight excluding hydrogens is 458 g/mol. The number of amides is 1. The minimum absolute atomic E-state index is 0.0925. The Balaban J connectivity index is 1.62. The van der Waals surface area contributed by atoms with Gasteiger partial charge in [0.05, 0.1) is 24.2 Å². The molecule has 0 aliphatic carbocycles. The molecule has 1 aromatic heterocycles. The second kappa shape index (κ2) is 11.5. The maximum atomic E-state index is 11.7. The van der Waals surface area contributed by atoms with Crippen LogP contribution in [0, 0.1) is 11.3 Å². The quantitative estimate of drug-likeness (QED) is 0.593. The molecule has 1 saturated heterocycles. The third-order valence-electron chi connectivity index (χ3n) is 6.63. The molecule has 1 amide bonds. The SMILES string of the molecule is CC(CN(C)C)Oc1nc2c(c(N3CCN(C(=O)O)C(CC#N)C3)n1)CCN(Cc1ccccc1)C2. The van der Waals surface area contributed by atoms with Gasteiger partial charge in [-0.15, -0.1) is 0 Å². The summed E-state index contributed by atoms with van der Waals surface area (Å²) in [6.45, 7) is 6.40. The highest BCUT2D eigenvalue weighted by molar-refractivity contribution is 5.66. The molecule has 0 bridgehead atoms. The number of carboxylic acid groups (broad SMARTS) is 1. The lowest BCUT2D eigenvalue weighted by Gasteiger charge is -2.41. The van der Waals surface area contributed by atoms with Gasteiger partial charge in [0.15, 0.2) is 0 Å². The predicted octanol–water partition coefficient (Wildman–Crippen LogP) is 2.45. The van der Waals surface area contributed by atoms with Crippen LogP contribution < -0.4 is 9.64 Å². The van der Waals surface area contributed by atoms with Crippen LogP contribution in [0.15, 0.2) is 30.3 Å². The van der Waals surface area contributed by atoms with Gasteiger partial charge in [0.2, 0.25) is 0 Å². The number of nitrogens with zero attached hydrogens (tertiary/aromatic N) is 7. The van der Waals surface area contributed by atoms with Crippen LogP contribution in [0.3, 0.4) is 0 Å². The molecule has 2 aliphatic rings. The van der Waals surface area contributed by atoms with Gasteiger partial charge in [0.1, 0.15) is 11.9 Å². The minimum Gasteiger partial charge on any atom is -0.465 e. The van der Waals surface area contributed by atoms with Crippen LogP contribution in [0.25, 0.3) is 0 Å². The first-order valence-electron chi connectivity index (χ1n) is 12.4. The summed E-state index contributed by atoms with van der Waals surface area (Å²) >= 11 is 0. The molecule has 36 heavy (non-hydrogen) atoms. The normalized spacial score (nSPS) is 19.0. The van der Waals surface area contributed by atoms with Crippen molar-refractivity contribution in [3.63, 3.8) is 0 Å². The first-order valence-corrected chi connectivity index (χ1v) is 12.4. The number of ether oxygens (including phenoxy) is 1. The van der Waals surface area contributed by atoms with Crippen molar-refractivity contribution >= 4 is 11.9 Å². The number of hydrogen-bond donors (Lipinski definition) is 1. The molecule has 2 aromatic rings. The fraction of sp³-hybridized carbons (Fsp3) is 0.538. The first kappa shape index (κ1) is 25.7. The second-order valence-corrected chi connectivity index (χ2v) is 9.83. The summed E-state index contributed by atoms with van der Waals surface area (Å²) in [6.07, 6.45) is -0.139. The molecule has 1 N–H and O–H groups in total. The third-order valence-corrected chi connectivity index (χ3v) is 6.63. The van der Waals surface area contributed by atoms with Crippen LogP contribution in [-0.4, -0.2) is 94.8 Å². The maximum absolute atomic E-state index is 11.7. The molecule has 1 fully saturated rings. The molecule has 2 atom stereocenters. The van der Waals surface area contributed by atoms with Crippen LogP contribution in [0.1, 0.15) is 30.2 Å². The molecule has 1 aromatic carbocycles. The Morgan fingerprint density at radius 2 is 2.03 bits per heavy atom. The van der Waals surface area contributed by atoms with E-state index in [0.29, 0.717) is 32.2 Å².